The van der Waals surface area contributed by atoms with Gasteiger partial charge in [-0.1, -0.05) is 13.0 Å². The second-order valence-electron chi connectivity index (χ2n) is 3.34. The van der Waals surface area contributed by atoms with Gasteiger partial charge < -0.3 is 10.6 Å². The molecule has 0 aliphatic carbocycles. The number of nitrogens with one attached hydrogen (secondary N) is 2. The van der Waals surface area contributed by atoms with E-state index >= 15 is 0 Å². The van der Waals surface area contributed by atoms with E-state index in [9.17, 15) is 9.59 Å². The molecule has 1 aromatic rings. The van der Waals surface area contributed by atoms with E-state index in [2.05, 4.69) is 10.6 Å². The average Bonchev–Trinajstić information content (AvgIpc) is 2.29. The molecule has 2 N–H and O–H groups in total. The highest BCUT2D eigenvalue weighted by Crippen LogP contribution is 2.10. The fourth-order valence-corrected chi connectivity index (χ4v) is 1.25. The van der Waals surface area contributed by atoms with E-state index in [-0.39, 0.29) is 11.8 Å². The van der Waals surface area contributed by atoms with E-state index in [0.29, 0.717) is 24.2 Å². The Morgan fingerprint density at radius 2 is 2.00 bits per heavy atom. The third-order valence-corrected chi connectivity index (χ3v) is 2.07. The topological polar surface area (TPSA) is 58.2 Å². The van der Waals surface area contributed by atoms with Gasteiger partial charge in [0.1, 0.15) is 0 Å². The number of anilines is 1. The first-order chi connectivity index (χ1) is 7.67. The zero-order valence-corrected chi connectivity index (χ0v) is 9.54. The number of benzene rings is 1. The van der Waals surface area contributed by atoms with Gasteiger partial charge in [0, 0.05) is 24.2 Å². The number of carbonyl (C=O) groups excluding carboxylic acids is 2. The van der Waals surface area contributed by atoms with Crippen LogP contribution in [-0.2, 0) is 4.79 Å². The minimum absolute atomic E-state index is 0.0620. The first-order valence-electron chi connectivity index (χ1n) is 5.35. The normalized spacial score (nSPS) is 9.62. The summed E-state index contributed by atoms with van der Waals surface area (Å²) in [5.74, 6) is -0.192. The van der Waals surface area contributed by atoms with Crippen LogP contribution in [0.25, 0.3) is 0 Å². The van der Waals surface area contributed by atoms with Crippen LogP contribution in [0.5, 0.6) is 0 Å². The van der Waals surface area contributed by atoms with Gasteiger partial charge in [-0.3, -0.25) is 9.59 Å². The van der Waals surface area contributed by atoms with Crippen LogP contribution in [0, 0.1) is 0 Å². The van der Waals surface area contributed by atoms with Crippen LogP contribution >= 0.6 is 0 Å². The molecule has 4 nitrogen and oxygen atoms in total. The predicted octanol–water partition coefficient (Wildman–Crippen LogP) is 1.78. The zero-order valence-electron chi connectivity index (χ0n) is 9.54. The van der Waals surface area contributed by atoms with Crippen molar-refractivity contribution in [2.75, 3.05) is 11.9 Å². The molecule has 0 unspecified atom stereocenters. The molecule has 2 amide bonds. The summed E-state index contributed by atoms with van der Waals surface area (Å²) in [6, 6.07) is 6.89. The number of amides is 2. The number of hydrogen-bond donors (Lipinski definition) is 2. The average molecular weight is 220 g/mol. The molecule has 0 spiro atoms. The fraction of sp³-hybridized carbons (Fsp3) is 0.333. The van der Waals surface area contributed by atoms with Gasteiger partial charge in [0.2, 0.25) is 5.91 Å². The SMILES string of the molecule is CCNC(=O)c1cccc(NC(=O)CC)c1. The standard InChI is InChI=1S/C12H16N2O2/c1-3-11(15)14-10-7-5-6-9(8-10)12(16)13-4-2/h5-8H,3-4H2,1-2H3,(H,13,16)(H,14,15). The molecule has 16 heavy (non-hydrogen) atoms. The Morgan fingerprint density at radius 3 is 2.62 bits per heavy atom. The van der Waals surface area contributed by atoms with Crippen molar-refractivity contribution >= 4 is 17.5 Å². The third-order valence-electron chi connectivity index (χ3n) is 2.07. The molecule has 0 bridgehead atoms. The summed E-state index contributed by atoms with van der Waals surface area (Å²) in [4.78, 5) is 22.7. The molecule has 86 valence electrons. The van der Waals surface area contributed by atoms with Crippen molar-refractivity contribution in [1.29, 1.82) is 0 Å². The molecule has 4 heteroatoms. The second-order valence-corrected chi connectivity index (χ2v) is 3.34. The summed E-state index contributed by atoms with van der Waals surface area (Å²) in [6.45, 7) is 4.23. The van der Waals surface area contributed by atoms with Crippen LogP contribution in [0.4, 0.5) is 5.69 Å². The molecule has 1 aromatic carbocycles. The maximum absolute atomic E-state index is 11.5. The maximum Gasteiger partial charge on any atom is 0.251 e. The van der Waals surface area contributed by atoms with Crippen LogP contribution < -0.4 is 10.6 Å². The van der Waals surface area contributed by atoms with Gasteiger partial charge in [-0.05, 0) is 25.1 Å². The summed E-state index contributed by atoms with van der Waals surface area (Å²) < 4.78 is 0. The smallest absolute Gasteiger partial charge is 0.251 e. The first kappa shape index (κ1) is 12.2. The highest BCUT2D eigenvalue weighted by molar-refractivity contribution is 5.97. The van der Waals surface area contributed by atoms with E-state index in [1.807, 2.05) is 6.92 Å². The van der Waals surface area contributed by atoms with Crippen molar-refractivity contribution in [2.45, 2.75) is 20.3 Å². The molecule has 0 heterocycles. The Balaban J connectivity index is 2.78. The van der Waals surface area contributed by atoms with E-state index in [4.69, 9.17) is 0 Å². The van der Waals surface area contributed by atoms with Crippen LogP contribution in [0.3, 0.4) is 0 Å². The minimum Gasteiger partial charge on any atom is -0.352 e. The lowest BCUT2D eigenvalue weighted by Crippen LogP contribution is -2.22. The molecule has 0 atom stereocenters. The number of rotatable bonds is 4. The number of carbonyl (C=O) groups is 2. The van der Waals surface area contributed by atoms with Crippen molar-refractivity contribution in [2.24, 2.45) is 0 Å². The lowest BCUT2D eigenvalue weighted by Gasteiger charge is -2.06. The molecule has 0 aromatic heterocycles. The molecule has 0 saturated heterocycles. The van der Waals surface area contributed by atoms with Crippen LogP contribution in [0.1, 0.15) is 30.6 Å². The van der Waals surface area contributed by atoms with E-state index in [1.165, 1.54) is 0 Å². The van der Waals surface area contributed by atoms with Crippen molar-refractivity contribution in [3.05, 3.63) is 29.8 Å². The molecule has 0 fully saturated rings. The maximum atomic E-state index is 11.5. The molecule has 0 saturated carbocycles. The van der Waals surface area contributed by atoms with Gasteiger partial charge in [-0.15, -0.1) is 0 Å². The summed E-state index contributed by atoms with van der Waals surface area (Å²) >= 11 is 0. The molecule has 1 rings (SSSR count). The lowest BCUT2D eigenvalue weighted by atomic mass is 10.2. The van der Waals surface area contributed by atoms with Crippen molar-refractivity contribution in [1.82, 2.24) is 5.32 Å². The highest BCUT2D eigenvalue weighted by Gasteiger charge is 2.05. The Morgan fingerprint density at radius 1 is 1.25 bits per heavy atom. The van der Waals surface area contributed by atoms with Gasteiger partial charge >= 0.3 is 0 Å². The van der Waals surface area contributed by atoms with Gasteiger partial charge in [-0.25, -0.2) is 0 Å². The molecular weight excluding hydrogens is 204 g/mol. The quantitative estimate of drug-likeness (QED) is 0.812. The highest BCUT2D eigenvalue weighted by atomic mass is 16.2. The van der Waals surface area contributed by atoms with Crippen LogP contribution in [0.15, 0.2) is 24.3 Å². The monoisotopic (exact) mass is 220 g/mol. The van der Waals surface area contributed by atoms with Crippen molar-refractivity contribution in [3.63, 3.8) is 0 Å². The number of hydrogen-bond acceptors (Lipinski definition) is 2. The Bertz CT molecular complexity index is 388. The van der Waals surface area contributed by atoms with Crippen molar-refractivity contribution < 1.29 is 9.59 Å². The first-order valence-corrected chi connectivity index (χ1v) is 5.35. The molecule has 0 aliphatic heterocycles. The molecule has 0 radical (unpaired) electrons. The predicted molar refractivity (Wildman–Crippen MR) is 63.4 cm³/mol. The summed E-state index contributed by atoms with van der Waals surface area (Å²) in [7, 11) is 0. The minimum atomic E-state index is -0.130. The van der Waals surface area contributed by atoms with Gasteiger partial charge in [0.15, 0.2) is 0 Å². The summed E-state index contributed by atoms with van der Waals surface area (Å²) in [5.41, 5.74) is 1.20. The summed E-state index contributed by atoms with van der Waals surface area (Å²) in [5, 5.41) is 5.41. The van der Waals surface area contributed by atoms with E-state index in [0.717, 1.165) is 0 Å². The van der Waals surface area contributed by atoms with Crippen LogP contribution in [0.2, 0.25) is 0 Å². The molecule has 0 aliphatic rings. The van der Waals surface area contributed by atoms with Crippen molar-refractivity contribution in [3.8, 4) is 0 Å². The van der Waals surface area contributed by atoms with E-state index in [1.54, 1.807) is 31.2 Å². The van der Waals surface area contributed by atoms with E-state index < -0.39 is 0 Å². The largest absolute Gasteiger partial charge is 0.352 e. The van der Waals surface area contributed by atoms with Gasteiger partial charge in [0.25, 0.3) is 5.91 Å². The second kappa shape index (κ2) is 5.90. The Labute approximate surface area is 95.0 Å². The van der Waals surface area contributed by atoms with Gasteiger partial charge in [0.05, 0.1) is 0 Å². The lowest BCUT2D eigenvalue weighted by molar-refractivity contribution is -0.115. The Kier molecular flexibility index (Phi) is 4.51. The summed E-state index contributed by atoms with van der Waals surface area (Å²) in [6.07, 6.45) is 0.422. The van der Waals surface area contributed by atoms with Gasteiger partial charge in [-0.2, -0.15) is 0 Å². The molecular formula is C12H16N2O2. The van der Waals surface area contributed by atoms with Crippen LogP contribution in [-0.4, -0.2) is 18.4 Å². The third kappa shape index (κ3) is 3.38. The Hall–Kier alpha value is -1.84. The zero-order chi connectivity index (χ0) is 12.0. The fourth-order valence-electron chi connectivity index (χ4n) is 1.25.